The van der Waals surface area contributed by atoms with Gasteiger partial charge in [-0.2, -0.15) is 0 Å². The van der Waals surface area contributed by atoms with Gasteiger partial charge in [-0.3, -0.25) is 4.99 Å². The molecule has 92 valence electrons. The van der Waals surface area contributed by atoms with Gasteiger partial charge >= 0.3 is 0 Å². The molecule has 1 aromatic carbocycles. The smallest absolute Gasteiger partial charge is 0.161 e. The molecule has 2 aromatic rings. The van der Waals surface area contributed by atoms with Crippen LogP contribution < -0.4 is 5.32 Å². The number of nitrogens with one attached hydrogen (secondary N) is 1. The minimum atomic E-state index is 0.722. The SMILES string of the molecule is c1nc2ccc(NC3=NCC(C4CC4)S3)cc2s1. The molecule has 0 spiro atoms. The predicted molar refractivity (Wildman–Crippen MR) is 79.6 cm³/mol. The number of aliphatic imine (C=N–C) groups is 1. The molecule has 1 atom stereocenters. The Labute approximate surface area is 114 Å². The Bertz CT molecular complexity index is 615. The molecule has 5 heteroatoms. The first kappa shape index (κ1) is 10.8. The van der Waals surface area contributed by atoms with Gasteiger partial charge in [0.2, 0.25) is 0 Å². The summed E-state index contributed by atoms with van der Waals surface area (Å²) in [6.45, 7) is 0.987. The highest BCUT2D eigenvalue weighted by atomic mass is 32.2. The zero-order valence-electron chi connectivity index (χ0n) is 9.80. The molecule has 0 amide bonds. The van der Waals surface area contributed by atoms with Crippen LogP contribution in [0.3, 0.4) is 0 Å². The molecule has 1 aliphatic heterocycles. The normalized spacial score (nSPS) is 23.3. The average molecular weight is 275 g/mol. The summed E-state index contributed by atoms with van der Waals surface area (Å²) < 4.78 is 1.22. The molecule has 4 rings (SSSR count). The number of aromatic nitrogens is 1. The first-order chi connectivity index (χ1) is 8.88. The van der Waals surface area contributed by atoms with Crippen LogP contribution in [-0.2, 0) is 0 Å². The Morgan fingerprint density at radius 2 is 2.22 bits per heavy atom. The van der Waals surface area contributed by atoms with E-state index >= 15 is 0 Å². The summed E-state index contributed by atoms with van der Waals surface area (Å²) in [5.41, 5.74) is 4.08. The summed E-state index contributed by atoms with van der Waals surface area (Å²) in [6, 6.07) is 6.29. The highest BCUT2D eigenvalue weighted by Crippen LogP contribution is 2.42. The molecule has 0 bridgehead atoms. The summed E-state index contributed by atoms with van der Waals surface area (Å²) in [7, 11) is 0. The van der Waals surface area contributed by atoms with Crippen molar-refractivity contribution in [1.82, 2.24) is 4.98 Å². The Morgan fingerprint density at radius 3 is 3.11 bits per heavy atom. The minimum Gasteiger partial charge on any atom is -0.335 e. The van der Waals surface area contributed by atoms with Crippen molar-refractivity contribution in [2.75, 3.05) is 11.9 Å². The van der Waals surface area contributed by atoms with Crippen molar-refractivity contribution in [3.8, 4) is 0 Å². The number of anilines is 1. The fourth-order valence-corrected chi connectivity index (χ4v) is 4.17. The molecule has 1 saturated carbocycles. The van der Waals surface area contributed by atoms with E-state index in [2.05, 4.69) is 33.5 Å². The van der Waals surface area contributed by atoms with E-state index in [-0.39, 0.29) is 0 Å². The third kappa shape index (κ3) is 2.01. The molecule has 1 N–H and O–H groups in total. The molecule has 3 nitrogen and oxygen atoms in total. The van der Waals surface area contributed by atoms with E-state index in [9.17, 15) is 0 Å². The third-order valence-corrected chi connectivity index (χ3v) is 5.49. The second kappa shape index (κ2) is 4.24. The Morgan fingerprint density at radius 1 is 1.28 bits per heavy atom. The van der Waals surface area contributed by atoms with Crippen molar-refractivity contribution in [2.24, 2.45) is 10.9 Å². The Kier molecular flexibility index (Phi) is 2.55. The van der Waals surface area contributed by atoms with E-state index in [4.69, 9.17) is 0 Å². The van der Waals surface area contributed by atoms with Gasteiger partial charge in [0.1, 0.15) is 0 Å². The standard InChI is InChI=1S/C13H13N3S2/c1-2-8(1)12-6-14-13(18-12)16-9-3-4-10-11(5-9)17-7-15-10/h3-5,7-8,12H,1-2,6H2,(H,14,16). The van der Waals surface area contributed by atoms with Crippen LogP contribution in [-0.4, -0.2) is 21.9 Å². The number of thiazole rings is 1. The molecular formula is C13H13N3S2. The van der Waals surface area contributed by atoms with Crippen molar-refractivity contribution in [3.05, 3.63) is 23.7 Å². The van der Waals surface area contributed by atoms with Gasteiger partial charge in [0.15, 0.2) is 5.17 Å². The lowest BCUT2D eigenvalue weighted by atomic mass is 10.3. The average Bonchev–Trinajstić information content (AvgIpc) is 2.95. The van der Waals surface area contributed by atoms with E-state index < -0.39 is 0 Å². The highest BCUT2D eigenvalue weighted by Gasteiger charge is 2.35. The first-order valence-electron chi connectivity index (χ1n) is 6.20. The molecule has 0 saturated heterocycles. The number of amidine groups is 1. The fraction of sp³-hybridized carbons (Fsp3) is 0.385. The lowest BCUT2D eigenvalue weighted by Crippen LogP contribution is -2.08. The predicted octanol–water partition coefficient (Wildman–Crippen LogP) is 3.59. The zero-order chi connectivity index (χ0) is 11.9. The maximum absolute atomic E-state index is 4.60. The molecule has 2 heterocycles. The van der Waals surface area contributed by atoms with Crippen LogP contribution in [0, 0.1) is 5.92 Å². The molecule has 18 heavy (non-hydrogen) atoms. The van der Waals surface area contributed by atoms with Crippen LogP contribution in [0.5, 0.6) is 0 Å². The van der Waals surface area contributed by atoms with Crippen LogP contribution in [0.25, 0.3) is 10.2 Å². The minimum absolute atomic E-state index is 0.722. The zero-order valence-corrected chi connectivity index (χ0v) is 11.4. The largest absolute Gasteiger partial charge is 0.335 e. The molecule has 2 aliphatic rings. The lowest BCUT2D eigenvalue weighted by molar-refractivity contribution is 0.773. The summed E-state index contributed by atoms with van der Waals surface area (Å²) >= 11 is 3.59. The lowest BCUT2D eigenvalue weighted by Gasteiger charge is -2.07. The molecular weight excluding hydrogens is 262 g/mol. The number of fused-ring (bicyclic) bond motifs is 1. The van der Waals surface area contributed by atoms with Gasteiger partial charge in [-0.1, -0.05) is 11.8 Å². The fourth-order valence-electron chi connectivity index (χ4n) is 2.23. The molecule has 1 unspecified atom stereocenters. The van der Waals surface area contributed by atoms with E-state index in [0.717, 1.165) is 34.1 Å². The number of benzene rings is 1. The van der Waals surface area contributed by atoms with Crippen molar-refractivity contribution in [1.29, 1.82) is 0 Å². The summed E-state index contributed by atoms with van der Waals surface area (Å²) in [5.74, 6) is 0.919. The molecule has 0 radical (unpaired) electrons. The van der Waals surface area contributed by atoms with E-state index in [0.29, 0.717) is 0 Å². The Balaban J connectivity index is 1.50. The number of hydrogen-bond donors (Lipinski definition) is 1. The van der Waals surface area contributed by atoms with Crippen LogP contribution in [0.2, 0.25) is 0 Å². The molecule has 1 fully saturated rings. The first-order valence-corrected chi connectivity index (χ1v) is 7.96. The van der Waals surface area contributed by atoms with E-state index in [1.165, 1.54) is 17.5 Å². The van der Waals surface area contributed by atoms with Crippen LogP contribution in [0.1, 0.15) is 12.8 Å². The van der Waals surface area contributed by atoms with Gasteiger partial charge in [-0.15, -0.1) is 11.3 Å². The monoisotopic (exact) mass is 275 g/mol. The topological polar surface area (TPSA) is 37.3 Å². The summed E-state index contributed by atoms with van der Waals surface area (Å²) in [6.07, 6.45) is 2.79. The van der Waals surface area contributed by atoms with Gasteiger partial charge in [0.05, 0.1) is 22.3 Å². The third-order valence-electron chi connectivity index (χ3n) is 3.41. The second-order valence-electron chi connectivity index (χ2n) is 4.80. The number of hydrogen-bond acceptors (Lipinski definition) is 5. The summed E-state index contributed by atoms with van der Waals surface area (Å²) in [5, 5.41) is 5.23. The Hall–Kier alpha value is -1.07. The van der Waals surface area contributed by atoms with Crippen LogP contribution >= 0.6 is 23.1 Å². The van der Waals surface area contributed by atoms with Crippen molar-refractivity contribution >= 4 is 44.2 Å². The van der Waals surface area contributed by atoms with Gasteiger partial charge < -0.3 is 5.32 Å². The summed E-state index contributed by atoms with van der Waals surface area (Å²) in [4.78, 5) is 8.89. The van der Waals surface area contributed by atoms with Crippen molar-refractivity contribution in [2.45, 2.75) is 18.1 Å². The highest BCUT2D eigenvalue weighted by molar-refractivity contribution is 8.15. The second-order valence-corrected chi connectivity index (χ2v) is 6.91. The van der Waals surface area contributed by atoms with Crippen LogP contribution in [0.15, 0.2) is 28.7 Å². The van der Waals surface area contributed by atoms with Crippen molar-refractivity contribution < 1.29 is 0 Å². The maximum atomic E-state index is 4.60. The number of thioether (sulfide) groups is 1. The number of nitrogens with zero attached hydrogens (tertiary/aromatic N) is 2. The quantitative estimate of drug-likeness (QED) is 0.910. The molecule has 1 aliphatic carbocycles. The number of rotatable bonds is 2. The van der Waals surface area contributed by atoms with Gasteiger partial charge in [-0.25, -0.2) is 4.98 Å². The van der Waals surface area contributed by atoms with E-state index in [1.807, 2.05) is 17.3 Å². The molecule has 1 aromatic heterocycles. The van der Waals surface area contributed by atoms with E-state index in [1.54, 1.807) is 11.3 Å². The van der Waals surface area contributed by atoms with Gasteiger partial charge in [0, 0.05) is 10.9 Å². The van der Waals surface area contributed by atoms with Crippen molar-refractivity contribution in [3.63, 3.8) is 0 Å². The van der Waals surface area contributed by atoms with Gasteiger partial charge in [0.25, 0.3) is 0 Å². The maximum Gasteiger partial charge on any atom is 0.161 e. The van der Waals surface area contributed by atoms with Crippen LogP contribution in [0.4, 0.5) is 5.69 Å². The van der Waals surface area contributed by atoms with Gasteiger partial charge in [-0.05, 0) is 37.0 Å².